The molecule has 0 spiro atoms. The monoisotopic (exact) mass is 391 g/mol. The van der Waals surface area contributed by atoms with Gasteiger partial charge in [-0.1, -0.05) is 13.3 Å². The van der Waals surface area contributed by atoms with Crippen molar-refractivity contribution in [2.24, 2.45) is 5.92 Å². The number of nitrogens with two attached hydrogens (primary N) is 1. The van der Waals surface area contributed by atoms with Crippen LogP contribution in [0.25, 0.3) is 11.2 Å². The van der Waals surface area contributed by atoms with E-state index < -0.39 is 0 Å². The smallest absolute Gasteiger partial charge is 0.320 e. The van der Waals surface area contributed by atoms with Crippen LogP contribution in [0.1, 0.15) is 59.3 Å². The molecule has 3 rings (SSSR count). The number of nitrogen functional groups attached to an aromatic ring is 1. The maximum absolute atomic E-state index is 6.10. The number of anilines is 1. The molecule has 0 bridgehead atoms. The van der Waals surface area contributed by atoms with Gasteiger partial charge in [0.1, 0.15) is 0 Å². The minimum absolute atomic E-state index is 0.0191. The Morgan fingerprint density at radius 2 is 2.07 bits per heavy atom. The van der Waals surface area contributed by atoms with Crippen molar-refractivity contribution < 1.29 is 14.2 Å². The molecule has 1 aliphatic rings. The summed E-state index contributed by atoms with van der Waals surface area (Å²) in [5.41, 5.74) is 7.31. The topological polar surface area (TPSA) is 97.3 Å². The molecule has 3 heterocycles. The van der Waals surface area contributed by atoms with Crippen LogP contribution in [0.3, 0.4) is 0 Å². The molecule has 0 aliphatic carbocycles. The zero-order valence-electron chi connectivity index (χ0n) is 17.5. The van der Waals surface area contributed by atoms with Gasteiger partial charge in [0.2, 0.25) is 0 Å². The predicted octanol–water partition coefficient (Wildman–Crippen LogP) is 3.58. The number of hydrogen-bond acceptors (Lipinski definition) is 7. The van der Waals surface area contributed by atoms with E-state index in [4.69, 9.17) is 19.9 Å². The van der Waals surface area contributed by atoms with E-state index in [2.05, 4.69) is 35.7 Å². The molecule has 156 valence electrons. The number of unbranched alkanes of at least 4 members (excludes halogenated alkanes) is 1. The molecule has 0 aromatic carbocycles. The first-order valence-corrected chi connectivity index (χ1v) is 10.3. The fourth-order valence-corrected chi connectivity index (χ4v) is 3.85. The molecule has 2 N–H and O–H groups in total. The molecule has 1 saturated heterocycles. The van der Waals surface area contributed by atoms with Crippen molar-refractivity contribution in [3.63, 3.8) is 0 Å². The number of hydrogen-bond donors (Lipinski definition) is 1. The molecule has 2 aromatic rings. The van der Waals surface area contributed by atoms with Crippen LogP contribution in [-0.4, -0.2) is 45.4 Å². The molecule has 1 unspecified atom stereocenters. The van der Waals surface area contributed by atoms with E-state index in [1.165, 1.54) is 0 Å². The highest BCUT2D eigenvalue weighted by molar-refractivity contribution is 5.83. The number of methoxy groups -OCH3 is 1. The minimum Gasteiger partial charge on any atom is -0.468 e. The van der Waals surface area contributed by atoms with Crippen molar-refractivity contribution in [3.05, 3.63) is 0 Å². The van der Waals surface area contributed by atoms with Crippen LogP contribution in [0.15, 0.2) is 0 Å². The molecule has 28 heavy (non-hydrogen) atoms. The van der Waals surface area contributed by atoms with Gasteiger partial charge in [0, 0.05) is 13.2 Å². The van der Waals surface area contributed by atoms with Gasteiger partial charge in [0.15, 0.2) is 17.0 Å². The normalized spacial score (nSPS) is 19.1. The molecule has 8 heteroatoms. The lowest BCUT2D eigenvalue weighted by Gasteiger charge is -2.35. The summed E-state index contributed by atoms with van der Waals surface area (Å²) >= 11 is 0. The molecular weight excluding hydrogens is 358 g/mol. The Bertz CT molecular complexity index is 790. The Kier molecular flexibility index (Phi) is 6.59. The van der Waals surface area contributed by atoms with Crippen molar-refractivity contribution in [2.45, 2.75) is 71.4 Å². The minimum atomic E-state index is -0.0191. The molecule has 0 amide bonds. The fraction of sp³-hybridized carbons (Fsp3) is 0.750. The maximum Gasteiger partial charge on any atom is 0.320 e. The van der Waals surface area contributed by atoms with E-state index in [9.17, 15) is 0 Å². The second kappa shape index (κ2) is 8.94. The summed E-state index contributed by atoms with van der Waals surface area (Å²) in [7, 11) is 1.61. The second-order valence-electron chi connectivity index (χ2n) is 8.12. The lowest BCUT2D eigenvalue weighted by atomic mass is 9.85. The third kappa shape index (κ3) is 4.84. The Balaban J connectivity index is 1.73. The van der Waals surface area contributed by atoms with Gasteiger partial charge >= 0.3 is 6.01 Å². The SMILES string of the molecule is CCCCOc1nc(N)c2nc(OC)n(CCCC3CCOC(C)(C)C3)c2n1. The summed E-state index contributed by atoms with van der Waals surface area (Å²) < 4.78 is 18.9. The van der Waals surface area contributed by atoms with E-state index in [-0.39, 0.29) is 5.60 Å². The van der Waals surface area contributed by atoms with Crippen molar-refractivity contribution in [1.82, 2.24) is 19.5 Å². The van der Waals surface area contributed by atoms with Crippen LogP contribution < -0.4 is 15.2 Å². The van der Waals surface area contributed by atoms with Crippen LogP contribution in [0, 0.1) is 5.92 Å². The lowest BCUT2D eigenvalue weighted by Crippen LogP contribution is -2.33. The summed E-state index contributed by atoms with van der Waals surface area (Å²) in [5, 5.41) is 0. The Morgan fingerprint density at radius 3 is 2.79 bits per heavy atom. The van der Waals surface area contributed by atoms with Gasteiger partial charge in [-0.3, -0.25) is 4.57 Å². The van der Waals surface area contributed by atoms with Crippen molar-refractivity contribution in [2.75, 3.05) is 26.1 Å². The molecule has 2 aromatic heterocycles. The summed E-state index contributed by atoms with van der Waals surface area (Å²) in [6.07, 6.45) is 6.36. The molecule has 8 nitrogen and oxygen atoms in total. The van der Waals surface area contributed by atoms with E-state index >= 15 is 0 Å². The van der Waals surface area contributed by atoms with Crippen LogP contribution in [0.5, 0.6) is 12.0 Å². The maximum atomic E-state index is 6.10. The third-order valence-electron chi connectivity index (χ3n) is 5.27. The highest BCUT2D eigenvalue weighted by Gasteiger charge is 2.28. The Hall–Kier alpha value is -2.09. The average Bonchev–Trinajstić information content (AvgIpc) is 3.00. The lowest BCUT2D eigenvalue weighted by molar-refractivity contribution is -0.0738. The largest absolute Gasteiger partial charge is 0.468 e. The standard InChI is InChI=1S/C20H33N5O3/c1-5-6-11-27-18-23-16(21)15-17(24-18)25(19(22-15)26-4)10-7-8-14-9-12-28-20(2,3)13-14/h14H,5-13H2,1-4H3,(H2,21,23,24). The number of imidazole rings is 1. The van der Waals surface area contributed by atoms with E-state index in [1.807, 2.05) is 4.57 Å². The van der Waals surface area contributed by atoms with E-state index in [1.54, 1.807) is 7.11 Å². The van der Waals surface area contributed by atoms with Crippen LogP contribution in [0.2, 0.25) is 0 Å². The first kappa shape index (κ1) is 20.6. The van der Waals surface area contributed by atoms with Crippen molar-refractivity contribution in [3.8, 4) is 12.0 Å². The number of ether oxygens (including phenoxy) is 3. The van der Waals surface area contributed by atoms with E-state index in [0.717, 1.165) is 51.7 Å². The van der Waals surface area contributed by atoms with Crippen molar-refractivity contribution >= 4 is 17.0 Å². The number of nitrogens with zero attached hydrogens (tertiary/aromatic N) is 4. The zero-order valence-corrected chi connectivity index (χ0v) is 17.5. The first-order valence-electron chi connectivity index (χ1n) is 10.3. The molecule has 0 saturated carbocycles. The highest BCUT2D eigenvalue weighted by atomic mass is 16.5. The molecule has 0 radical (unpaired) electrons. The quantitative estimate of drug-likeness (QED) is 0.652. The zero-order chi connectivity index (χ0) is 20.1. The number of aromatic nitrogens is 4. The van der Waals surface area contributed by atoms with Crippen LogP contribution in [-0.2, 0) is 11.3 Å². The Labute approximate surface area is 166 Å². The van der Waals surface area contributed by atoms with E-state index in [0.29, 0.717) is 41.5 Å². The molecule has 1 atom stereocenters. The summed E-state index contributed by atoms with van der Waals surface area (Å²) in [6, 6.07) is 0.808. The summed E-state index contributed by atoms with van der Waals surface area (Å²) in [6.45, 7) is 8.64. The highest BCUT2D eigenvalue weighted by Crippen LogP contribution is 2.32. The van der Waals surface area contributed by atoms with Gasteiger partial charge in [0.25, 0.3) is 6.01 Å². The summed E-state index contributed by atoms with van der Waals surface area (Å²) in [5.74, 6) is 0.997. The Morgan fingerprint density at radius 1 is 1.25 bits per heavy atom. The second-order valence-corrected chi connectivity index (χ2v) is 8.12. The molecule has 1 fully saturated rings. The van der Waals surface area contributed by atoms with Crippen molar-refractivity contribution in [1.29, 1.82) is 0 Å². The van der Waals surface area contributed by atoms with Gasteiger partial charge in [-0.2, -0.15) is 15.0 Å². The third-order valence-corrected chi connectivity index (χ3v) is 5.27. The number of aryl methyl sites for hydroxylation is 1. The molecular formula is C20H33N5O3. The van der Waals surface area contributed by atoms with Gasteiger partial charge in [-0.05, 0) is 51.9 Å². The van der Waals surface area contributed by atoms with Crippen LogP contribution >= 0.6 is 0 Å². The van der Waals surface area contributed by atoms with Crippen LogP contribution in [0.4, 0.5) is 5.82 Å². The van der Waals surface area contributed by atoms with Gasteiger partial charge in [0.05, 0.1) is 19.3 Å². The fourth-order valence-electron chi connectivity index (χ4n) is 3.85. The number of rotatable bonds is 9. The first-order chi connectivity index (χ1) is 13.4. The number of fused-ring (bicyclic) bond motifs is 1. The predicted molar refractivity (Wildman–Crippen MR) is 109 cm³/mol. The van der Waals surface area contributed by atoms with Gasteiger partial charge in [-0.15, -0.1) is 0 Å². The average molecular weight is 392 g/mol. The van der Waals surface area contributed by atoms with Gasteiger partial charge < -0.3 is 19.9 Å². The van der Waals surface area contributed by atoms with Gasteiger partial charge in [-0.25, -0.2) is 0 Å². The summed E-state index contributed by atoms with van der Waals surface area (Å²) in [4.78, 5) is 13.3. The molecule has 1 aliphatic heterocycles.